The van der Waals surface area contributed by atoms with E-state index in [0.717, 1.165) is 16.9 Å². The van der Waals surface area contributed by atoms with Gasteiger partial charge in [-0.3, -0.25) is 0 Å². The predicted octanol–water partition coefficient (Wildman–Crippen LogP) is 3.07. The Hall–Kier alpha value is -2.01. The molecule has 0 atom stereocenters. The van der Waals surface area contributed by atoms with E-state index in [1.165, 1.54) is 6.33 Å². The van der Waals surface area contributed by atoms with Crippen LogP contribution in [0.25, 0.3) is 0 Å². The molecule has 5 nitrogen and oxygen atoms in total. The third kappa shape index (κ3) is 3.11. The minimum absolute atomic E-state index is 0.454. The zero-order chi connectivity index (χ0) is 14.5. The Balaban J connectivity index is 2.13. The lowest BCUT2D eigenvalue weighted by Crippen LogP contribution is -2.04. The maximum absolute atomic E-state index is 5.96. The molecule has 0 unspecified atom stereocenters. The molecule has 0 saturated heterocycles. The van der Waals surface area contributed by atoms with E-state index in [1.54, 1.807) is 14.2 Å². The van der Waals surface area contributed by atoms with E-state index >= 15 is 0 Å². The van der Waals surface area contributed by atoms with Crippen LogP contribution in [0.2, 0.25) is 5.15 Å². The van der Waals surface area contributed by atoms with Crippen LogP contribution < -0.4 is 14.8 Å². The van der Waals surface area contributed by atoms with Gasteiger partial charge in [0.2, 0.25) is 0 Å². The normalized spacial score (nSPS) is 10.2. The predicted molar refractivity (Wildman–Crippen MR) is 78.7 cm³/mol. The molecule has 0 amide bonds. The summed E-state index contributed by atoms with van der Waals surface area (Å²) in [6.07, 6.45) is 1.44. The third-order valence-corrected chi connectivity index (χ3v) is 3.31. The lowest BCUT2D eigenvalue weighted by molar-refractivity contribution is 0.354. The van der Waals surface area contributed by atoms with Crippen LogP contribution in [0, 0.1) is 6.92 Å². The maximum atomic E-state index is 5.96. The standard InChI is InChI=1S/C14H16ClN3O2/c1-9-13(15)17-8-18-14(9)16-7-10-4-5-11(19-2)12(6-10)20-3/h4-6,8H,7H2,1-3H3,(H,16,17,18). The molecule has 1 heterocycles. The fourth-order valence-electron chi connectivity index (χ4n) is 1.78. The van der Waals surface area contributed by atoms with Crippen LogP contribution in [0.4, 0.5) is 5.82 Å². The largest absolute Gasteiger partial charge is 0.493 e. The first-order valence-electron chi connectivity index (χ1n) is 6.07. The lowest BCUT2D eigenvalue weighted by Gasteiger charge is -2.11. The molecule has 0 spiro atoms. The van der Waals surface area contributed by atoms with E-state index in [-0.39, 0.29) is 0 Å². The SMILES string of the molecule is COc1ccc(CNc2ncnc(Cl)c2C)cc1OC. The highest BCUT2D eigenvalue weighted by Gasteiger charge is 2.07. The zero-order valence-electron chi connectivity index (χ0n) is 11.6. The van der Waals surface area contributed by atoms with Gasteiger partial charge in [0.15, 0.2) is 11.5 Å². The van der Waals surface area contributed by atoms with Crippen molar-refractivity contribution in [3.05, 3.63) is 40.8 Å². The van der Waals surface area contributed by atoms with Crippen LogP contribution >= 0.6 is 11.6 Å². The summed E-state index contributed by atoms with van der Waals surface area (Å²) in [5, 5.41) is 3.68. The fourth-order valence-corrected chi connectivity index (χ4v) is 1.92. The van der Waals surface area contributed by atoms with Gasteiger partial charge < -0.3 is 14.8 Å². The molecule has 0 aliphatic carbocycles. The van der Waals surface area contributed by atoms with Gasteiger partial charge in [-0.15, -0.1) is 0 Å². The summed E-state index contributed by atoms with van der Waals surface area (Å²) in [6, 6.07) is 5.76. The van der Waals surface area contributed by atoms with E-state index in [0.29, 0.717) is 23.2 Å². The number of nitrogens with zero attached hydrogens (tertiary/aromatic N) is 2. The van der Waals surface area contributed by atoms with E-state index in [4.69, 9.17) is 21.1 Å². The summed E-state index contributed by atoms with van der Waals surface area (Å²) in [6.45, 7) is 2.48. The number of methoxy groups -OCH3 is 2. The first kappa shape index (κ1) is 14.4. The van der Waals surface area contributed by atoms with Gasteiger partial charge >= 0.3 is 0 Å². The van der Waals surface area contributed by atoms with Crippen molar-refractivity contribution in [2.45, 2.75) is 13.5 Å². The molecule has 0 bridgehead atoms. The quantitative estimate of drug-likeness (QED) is 0.859. The Labute approximate surface area is 122 Å². The molecule has 1 N–H and O–H groups in total. The van der Waals surface area contributed by atoms with E-state index < -0.39 is 0 Å². The number of benzene rings is 1. The van der Waals surface area contributed by atoms with Crippen molar-refractivity contribution in [1.29, 1.82) is 0 Å². The Kier molecular flexibility index (Phi) is 4.63. The molecule has 0 aliphatic heterocycles. The summed E-state index contributed by atoms with van der Waals surface area (Å²) >= 11 is 5.96. The second-order valence-electron chi connectivity index (χ2n) is 4.18. The van der Waals surface area contributed by atoms with Gasteiger partial charge in [-0.25, -0.2) is 9.97 Å². The lowest BCUT2D eigenvalue weighted by atomic mass is 10.2. The van der Waals surface area contributed by atoms with E-state index in [9.17, 15) is 0 Å². The number of halogens is 1. The minimum atomic E-state index is 0.454. The van der Waals surface area contributed by atoms with Crippen molar-refractivity contribution >= 4 is 17.4 Å². The molecule has 1 aromatic heterocycles. The van der Waals surface area contributed by atoms with E-state index in [1.807, 2.05) is 25.1 Å². The smallest absolute Gasteiger partial charge is 0.161 e. The van der Waals surface area contributed by atoms with Crippen molar-refractivity contribution in [2.24, 2.45) is 0 Å². The second kappa shape index (κ2) is 6.43. The Morgan fingerprint density at radius 3 is 2.60 bits per heavy atom. The number of nitrogens with one attached hydrogen (secondary N) is 1. The highest BCUT2D eigenvalue weighted by Crippen LogP contribution is 2.28. The minimum Gasteiger partial charge on any atom is -0.493 e. The fraction of sp³-hybridized carbons (Fsp3) is 0.286. The summed E-state index contributed by atoms with van der Waals surface area (Å²) in [5.74, 6) is 2.13. The van der Waals surface area contributed by atoms with Crippen molar-refractivity contribution in [1.82, 2.24) is 9.97 Å². The van der Waals surface area contributed by atoms with Gasteiger partial charge in [0, 0.05) is 12.1 Å². The van der Waals surface area contributed by atoms with Crippen LogP contribution in [0.15, 0.2) is 24.5 Å². The van der Waals surface area contributed by atoms with Gasteiger partial charge in [0.25, 0.3) is 0 Å². The van der Waals surface area contributed by atoms with Crippen molar-refractivity contribution in [3.63, 3.8) is 0 Å². The number of anilines is 1. The molecule has 6 heteroatoms. The molecule has 20 heavy (non-hydrogen) atoms. The molecule has 106 valence electrons. The Morgan fingerprint density at radius 1 is 1.15 bits per heavy atom. The zero-order valence-corrected chi connectivity index (χ0v) is 12.4. The van der Waals surface area contributed by atoms with Gasteiger partial charge in [-0.2, -0.15) is 0 Å². The molecular weight excluding hydrogens is 278 g/mol. The summed E-state index contributed by atoms with van der Waals surface area (Å²) in [7, 11) is 3.23. The topological polar surface area (TPSA) is 56.3 Å². The van der Waals surface area contributed by atoms with Crippen LogP contribution in [0.3, 0.4) is 0 Å². The second-order valence-corrected chi connectivity index (χ2v) is 4.54. The van der Waals surface area contributed by atoms with Crippen LogP contribution in [0.5, 0.6) is 11.5 Å². The number of hydrogen-bond donors (Lipinski definition) is 1. The Bertz CT molecular complexity index is 605. The molecule has 1 aromatic carbocycles. The third-order valence-electron chi connectivity index (χ3n) is 2.93. The first-order chi connectivity index (χ1) is 9.65. The Morgan fingerprint density at radius 2 is 1.90 bits per heavy atom. The molecule has 0 fully saturated rings. The molecule has 2 aromatic rings. The number of hydrogen-bond acceptors (Lipinski definition) is 5. The number of rotatable bonds is 5. The monoisotopic (exact) mass is 293 g/mol. The molecule has 2 rings (SSSR count). The molecule has 0 saturated carbocycles. The summed E-state index contributed by atoms with van der Waals surface area (Å²) < 4.78 is 10.5. The highest BCUT2D eigenvalue weighted by molar-refractivity contribution is 6.30. The average Bonchev–Trinajstić information content (AvgIpc) is 2.48. The van der Waals surface area contributed by atoms with E-state index in [2.05, 4.69) is 15.3 Å². The van der Waals surface area contributed by atoms with Crippen molar-refractivity contribution in [2.75, 3.05) is 19.5 Å². The molecular formula is C14H16ClN3O2. The summed E-state index contributed by atoms with van der Waals surface area (Å²) in [5.41, 5.74) is 1.88. The highest BCUT2D eigenvalue weighted by atomic mass is 35.5. The van der Waals surface area contributed by atoms with Gasteiger partial charge in [-0.05, 0) is 24.6 Å². The molecule has 0 aliphatic rings. The van der Waals surface area contributed by atoms with Gasteiger partial charge in [0.05, 0.1) is 14.2 Å². The number of aromatic nitrogens is 2. The summed E-state index contributed by atoms with van der Waals surface area (Å²) in [4.78, 5) is 8.09. The van der Waals surface area contributed by atoms with Gasteiger partial charge in [-0.1, -0.05) is 17.7 Å². The van der Waals surface area contributed by atoms with Crippen molar-refractivity contribution in [3.8, 4) is 11.5 Å². The van der Waals surface area contributed by atoms with Crippen LogP contribution in [-0.2, 0) is 6.54 Å². The van der Waals surface area contributed by atoms with Crippen LogP contribution in [-0.4, -0.2) is 24.2 Å². The van der Waals surface area contributed by atoms with Crippen LogP contribution in [0.1, 0.15) is 11.1 Å². The first-order valence-corrected chi connectivity index (χ1v) is 6.45. The average molecular weight is 294 g/mol. The van der Waals surface area contributed by atoms with Gasteiger partial charge in [0.1, 0.15) is 17.3 Å². The maximum Gasteiger partial charge on any atom is 0.161 e. The molecule has 0 radical (unpaired) electrons. The number of ether oxygens (including phenoxy) is 2. The van der Waals surface area contributed by atoms with Crippen molar-refractivity contribution < 1.29 is 9.47 Å².